The first-order valence-electron chi connectivity index (χ1n) is 30.8. The van der Waals surface area contributed by atoms with Gasteiger partial charge in [-0.1, -0.05) is 230 Å². The highest BCUT2D eigenvalue weighted by molar-refractivity contribution is 6.90. The molecule has 0 aliphatic carbocycles. The highest BCUT2D eigenvalue weighted by atomic mass is 15.2. The van der Waals surface area contributed by atoms with Gasteiger partial charge in [0.05, 0.1) is 16.7 Å². The first-order valence-corrected chi connectivity index (χ1v) is 30.8. The molecule has 0 radical (unpaired) electrons. The monoisotopic (exact) mass is 1090 g/mol. The van der Waals surface area contributed by atoms with Crippen LogP contribution >= 0.6 is 0 Å². The molecule has 0 amide bonds. The predicted molar refractivity (Wildman–Crippen MR) is 363 cm³/mol. The Kier molecular flexibility index (Phi) is 12.6. The van der Waals surface area contributed by atoms with E-state index in [1.54, 1.807) is 0 Å². The van der Waals surface area contributed by atoms with Crippen molar-refractivity contribution >= 4 is 67.5 Å². The second-order valence-electron chi connectivity index (χ2n) is 32.1. The Morgan fingerprint density at radius 2 is 0.807 bits per heavy atom. The SMILES string of the molecule is Cc1cc(C(C)(C)C)ccc1-c1c(-c2ccc(C(C)(C)C)cc2)n2c3c(cc(C(C)(C)C)cc13)-c1cc(C(C)(C)C)cc3c1B2c1ccc2c(c1N3c1ccc(C(C)(C)C)cc1)c1cc(C(C)(C)C)ccc1n2-c1ccc(C(C)(C)C)cc1. The summed E-state index contributed by atoms with van der Waals surface area (Å²) in [4.78, 5) is 2.71. The molecule has 424 valence electrons. The van der Waals surface area contributed by atoms with E-state index in [9.17, 15) is 0 Å². The van der Waals surface area contributed by atoms with E-state index in [1.165, 1.54) is 144 Å². The summed E-state index contributed by atoms with van der Waals surface area (Å²) in [5.41, 5.74) is 29.2. The Hall–Kier alpha value is -7.04. The smallest absolute Gasteiger partial charge is 0.333 e. The molecule has 12 rings (SSSR count). The predicted octanol–water partition coefficient (Wildman–Crippen LogP) is 20.9. The van der Waals surface area contributed by atoms with Crippen LogP contribution in [0.1, 0.15) is 190 Å². The van der Waals surface area contributed by atoms with Crippen LogP contribution in [-0.2, 0) is 37.9 Å². The van der Waals surface area contributed by atoms with Crippen LogP contribution in [0, 0.1) is 6.92 Å². The highest BCUT2D eigenvalue weighted by Gasteiger charge is 2.46. The van der Waals surface area contributed by atoms with Crippen LogP contribution in [0.25, 0.3) is 71.9 Å². The molecule has 0 N–H and O–H groups in total. The van der Waals surface area contributed by atoms with Gasteiger partial charge in [-0.15, -0.1) is 0 Å². The van der Waals surface area contributed by atoms with Gasteiger partial charge in [-0.3, -0.25) is 0 Å². The third kappa shape index (κ3) is 9.23. The molecule has 0 atom stereocenters. The van der Waals surface area contributed by atoms with Crippen molar-refractivity contribution in [1.29, 1.82) is 0 Å². The minimum atomic E-state index is -0.190. The molecule has 4 heterocycles. The molecule has 8 aromatic carbocycles. The fourth-order valence-corrected chi connectivity index (χ4v) is 13.6. The Morgan fingerprint density at radius 3 is 1.34 bits per heavy atom. The van der Waals surface area contributed by atoms with Crippen LogP contribution in [0.3, 0.4) is 0 Å². The third-order valence-electron chi connectivity index (χ3n) is 18.7. The van der Waals surface area contributed by atoms with E-state index >= 15 is 0 Å². The quantitative estimate of drug-likeness (QED) is 0.160. The summed E-state index contributed by atoms with van der Waals surface area (Å²) >= 11 is 0. The fraction of sp³-hybridized carbons (Fsp3) is 0.367. The molecule has 0 spiro atoms. The molecule has 2 aliphatic heterocycles. The second kappa shape index (κ2) is 18.5. The molecule has 10 aromatic rings. The highest BCUT2D eigenvalue weighted by Crippen LogP contribution is 2.54. The van der Waals surface area contributed by atoms with Crippen LogP contribution in [0.2, 0.25) is 0 Å². The number of anilines is 3. The molecule has 83 heavy (non-hydrogen) atoms. The van der Waals surface area contributed by atoms with Crippen molar-refractivity contribution in [1.82, 2.24) is 9.05 Å². The fourth-order valence-electron chi connectivity index (χ4n) is 13.6. The lowest BCUT2D eigenvalue weighted by molar-refractivity contribution is 0.589. The van der Waals surface area contributed by atoms with Crippen LogP contribution in [-0.4, -0.2) is 15.9 Å². The van der Waals surface area contributed by atoms with Gasteiger partial charge >= 0.3 is 6.85 Å². The van der Waals surface area contributed by atoms with Gasteiger partial charge < -0.3 is 13.9 Å². The van der Waals surface area contributed by atoms with E-state index in [2.05, 4.69) is 312 Å². The number of benzene rings is 8. The molecule has 2 aromatic heterocycles. The molecule has 2 aliphatic rings. The second-order valence-corrected chi connectivity index (χ2v) is 32.1. The van der Waals surface area contributed by atoms with Gasteiger partial charge in [0.2, 0.25) is 0 Å². The minimum absolute atomic E-state index is 0.00390. The van der Waals surface area contributed by atoms with Crippen molar-refractivity contribution < 1.29 is 0 Å². The lowest BCUT2D eigenvalue weighted by atomic mass is 9.44. The Labute approximate surface area is 498 Å². The topological polar surface area (TPSA) is 13.1 Å². The lowest BCUT2D eigenvalue weighted by Gasteiger charge is -2.42. The maximum atomic E-state index is 2.84. The van der Waals surface area contributed by atoms with E-state index in [-0.39, 0.29) is 44.8 Å². The molecular weight excluding hydrogens is 1000 g/mol. The first kappa shape index (κ1) is 56.4. The number of nitrogens with zero attached hydrogens (tertiary/aromatic N) is 3. The number of fused-ring (bicyclic) bond motifs is 8. The van der Waals surface area contributed by atoms with Crippen LogP contribution in [0.15, 0.2) is 146 Å². The zero-order valence-electron chi connectivity index (χ0n) is 54.3. The Balaban J connectivity index is 1.32. The summed E-state index contributed by atoms with van der Waals surface area (Å²) in [6, 6.07) is 58.7. The summed E-state index contributed by atoms with van der Waals surface area (Å²) in [6.45, 7) is 51.5. The first-order chi connectivity index (χ1) is 38.5. The van der Waals surface area contributed by atoms with E-state index in [4.69, 9.17) is 0 Å². The molecule has 0 unspecified atom stereocenters. The van der Waals surface area contributed by atoms with E-state index in [1.807, 2.05) is 0 Å². The van der Waals surface area contributed by atoms with E-state index in [0.29, 0.717) is 0 Å². The summed E-state index contributed by atoms with van der Waals surface area (Å²) in [5.74, 6) is 0. The van der Waals surface area contributed by atoms with Crippen molar-refractivity contribution in [2.45, 2.75) is 190 Å². The zero-order valence-corrected chi connectivity index (χ0v) is 54.3. The van der Waals surface area contributed by atoms with Crippen molar-refractivity contribution in [2.24, 2.45) is 0 Å². The maximum Gasteiger partial charge on any atom is 0.333 e. The van der Waals surface area contributed by atoms with E-state index in [0.717, 1.165) is 0 Å². The normalized spacial score (nSPS) is 14.1. The summed E-state index contributed by atoms with van der Waals surface area (Å²) in [7, 11) is 0. The van der Waals surface area contributed by atoms with Gasteiger partial charge in [0.25, 0.3) is 0 Å². The number of rotatable bonds is 4. The molecule has 0 saturated carbocycles. The standard InChI is InChI=1S/C79H90BN3/c1-47-41-52(76(11,12)13)31-37-58(47)67-62-45-54(78(17,18)19)44-60-59-43-55(79(20,21)22)46-66-69(59)80(83(71(60)62)70(67)48-23-25-49(26-24-48)73(2,3)4)63-38-40-65-68(72(63)82(66)57-35-29-51(30-36-57)75(8,9)10)61-42-53(77(14,15)16)32-39-64(61)81(65)56-33-27-50(28-34-56)74(5,6)7/h23-46H,1-22H3. The molecule has 0 fully saturated rings. The molecule has 0 bridgehead atoms. The molecular formula is C79H90BN3. The third-order valence-corrected chi connectivity index (χ3v) is 18.7. The van der Waals surface area contributed by atoms with Crippen molar-refractivity contribution in [3.05, 3.63) is 190 Å². The Morgan fingerprint density at radius 1 is 0.361 bits per heavy atom. The van der Waals surface area contributed by atoms with E-state index < -0.39 is 0 Å². The van der Waals surface area contributed by atoms with Gasteiger partial charge in [-0.2, -0.15) is 0 Å². The van der Waals surface area contributed by atoms with Crippen molar-refractivity contribution in [2.75, 3.05) is 4.90 Å². The van der Waals surface area contributed by atoms with Crippen molar-refractivity contribution in [3.63, 3.8) is 0 Å². The summed E-state index contributed by atoms with van der Waals surface area (Å²) in [5, 5.41) is 3.86. The molecule has 0 saturated heterocycles. The van der Waals surface area contributed by atoms with Gasteiger partial charge in [0.15, 0.2) is 0 Å². The van der Waals surface area contributed by atoms with Gasteiger partial charge in [-0.05, 0) is 178 Å². The Bertz CT molecular complexity index is 4260. The van der Waals surface area contributed by atoms with Crippen LogP contribution in [0.5, 0.6) is 0 Å². The molecule has 4 heteroatoms. The summed E-state index contributed by atoms with van der Waals surface area (Å²) in [6.07, 6.45) is 0. The zero-order chi connectivity index (χ0) is 59.8. The van der Waals surface area contributed by atoms with Gasteiger partial charge in [-0.25, -0.2) is 0 Å². The molecule has 3 nitrogen and oxygen atoms in total. The van der Waals surface area contributed by atoms with Gasteiger partial charge in [0, 0.05) is 55.6 Å². The lowest BCUT2D eigenvalue weighted by Crippen LogP contribution is -2.57. The number of hydrogen-bond donors (Lipinski definition) is 0. The average Bonchev–Trinajstić information content (AvgIpc) is 1.93. The number of aromatic nitrogens is 2. The maximum absolute atomic E-state index is 2.84. The van der Waals surface area contributed by atoms with Crippen LogP contribution < -0.4 is 15.8 Å². The largest absolute Gasteiger partial charge is 0.375 e. The number of hydrogen-bond acceptors (Lipinski definition) is 1. The van der Waals surface area contributed by atoms with Crippen LogP contribution in [0.4, 0.5) is 17.1 Å². The minimum Gasteiger partial charge on any atom is -0.375 e. The summed E-state index contributed by atoms with van der Waals surface area (Å²) < 4.78 is 5.40. The number of aryl methyl sites for hydroxylation is 1. The van der Waals surface area contributed by atoms with Gasteiger partial charge in [0.1, 0.15) is 0 Å². The van der Waals surface area contributed by atoms with Crippen molar-refractivity contribution in [3.8, 4) is 39.2 Å². The average molecular weight is 1090 g/mol.